The number of hydrogen-bond acceptors (Lipinski definition) is 6. The van der Waals surface area contributed by atoms with Crippen LogP contribution in [0, 0.1) is 0 Å². The molecule has 3 heterocycles. The molecule has 0 saturated carbocycles. The van der Waals surface area contributed by atoms with Crippen LogP contribution in [0.3, 0.4) is 0 Å². The smallest absolute Gasteiger partial charge is 0.256 e. The fourth-order valence-electron chi connectivity index (χ4n) is 3.20. The van der Waals surface area contributed by atoms with Crippen LogP contribution in [0.15, 0.2) is 47.6 Å². The van der Waals surface area contributed by atoms with E-state index in [1.54, 1.807) is 30.6 Å². The number of nitrogens with one attached hydrogen (secondary N) is 2. The molecule has 3 aromatic rings. The number of carbonyl (C=O) groups excluding carboxylic acids is 1. The number of primary amides is 1. The maximum atomic E-state index is 12.0. The SMILES string of the molecule is NC(=O)c1c(Nc2cccc(Cl)c2)n[nH]c1/N=C/c1ccc(N2CCCC2)nc1. The van der Waals surface area contributed by atoms with Crippen LogP contribution in [0.5, 0.6) is 0 Å². The number of anilines is 3. The van der Waals surface area contributed by atoms with E-state index in [4.69, 9.17) is 17.3 Å². The van der Waals surface area contributed by atoms with Crippen LogP contribution in [0.4, 0.5) is 23.1 Å². The first-order valence-corrected chi connectivity index (χ1v) is 9.64. The average molecular weight is 410 g/mol. The minimum Gasteiger partial charge on any atom is -0.365 e. The van der Waals surface area contributed by atoms with E-state index in [9.17, 15) is 4.79 Å². The Balaban J connectivity index is 1.53. The van der Waals surface area contributed by atoms with Crippen LogP contribution < -0.4 is 16.0 Å². The number of aromatic nitrogens is 3. The van der Waals surface area contributed by atoms with Gasteiger partial charge in [-0.15, -0.1) is 0 Å². The van der Waals surface area contributed by atoms with E-state index in [2.05, 4.69) is 30.4 Å². The summed E-state index contributed by atoms with van der Waals surface area (Å²) in [4.78, 5) is 23.1. The van der Waals surface area contributed by atoms with Crippen molar-refractivity contribution < 1.29 is 4.79 Å². The molecular formula is C20H20ClN7O. The largest absolute Gasteiger partial charge is 0.365 e. The van der Waals surface area contributed by atoms with Crippen molar-refractivity contribution in [1.29, 1.82) is 0 Å². The van der Waals surface area contributed by atoms with Gasteiger partial charge in [0.2, 0.25) is 0 Å². The molecule has 4 N–H and O–H groups in total. The van der Waals surface area contributed by atoms with E-state index in [-0.39, 0.29) is 17.2 Å². The summed E-state index contributed by atoms with van der Waals surface area (Å²) in [6.45, 7) is 2.08. The Morgan fingerprint density at radius 1 is 1.28 bits per heavy atom. The average Bonchev–Trinajstić information content (AvgIpc) is 3.37. The van der Waals surface area contributed by atoms with Crippen molar-refractivity contribution in [2.24, 2.45) is 10.7 Å². The summed E-state index contributed by atoms with van der Waals surface area (Å²) < 4.78 is 0. The molecule has 0 bridgehead atoms. The maximum Gasteiger partial charge on any atom is 0.256 e. The molecule has 1 aromatic carbocycles. The number of aromatic amines is 1. The summed E-state index contributed by atoms with van der Waals surface area (Å²) in [7, 11) is 0. The van der Waals surface area contributed by atoms with E-state index in [0.717, 1.165) is 24.5 Å². The highest BCUT2D eigenvalue weighted by atomic mass is 35.5. The fraction of sp³-hybridized carbons (Fsp3) is 0.200. The molecule has 1 aliphatic heterocycles. The predicted octanol–water partition coefficient (Wildman–Crippen LogP) is 3.65. The lowest BCUT2D eigenvalue weighted by molar-refractivity contribution is 0.100. The Bertz CT molecular complexity index is 1040. The molecule has 0 atom stereocenters. The monoisotopic (exact) mass is 409 g/mol. The molecule has 0 spiro atoms. The van der Waals surface area contributed by atoms with Crippen molar-refractivity contribution >= 4 is 46.9 Å². The lowest BCUT2D eigenvalue weighted by Crippen LogP contribution is -2.18. The van der Waals surface area contributed by atoms with Crippen LogP contribution in [0.25, 0.3) is 0 Å². The molecule has 29 heavy (non-hydrogen) atoms. The molecule has 9 heteroatoms. The Morgan fingerprint density at radius 3 is 2.79 bits per heavy atom. The molecule has 2 aromatic heterocycles. The van der Waals surface area contributed by atoms with Crippen molar-refractivity contribution in [3.05, 3.63) is 58.7 Å². The van der Waals surface area contributed by atoms with E-state index in [0.29, 0.717) is 10.7 Å². The zero-order valence-electron chi connectivity index (χ0n) is 15.6. The summed E-state index contributed by atoms with van der Waals surface area (Å²) in [6.07, 6.45) is 5.77. The highest BCUT2D eigenvalue weighted by Gasteiger charge is 2.18. The Labute approximate surface area is 172 Å². The summed E-state index contributed by atoms with van der Waals surface area (Å²) in [5, 5.41) is 10.5. The van der Waals surface area contributed by atoms with Crippen LogP contribution in [-0.4, -0.2) is 40.4 Å². The number of hydrogen-bond donors (Lipinski definition) is 3. The number of pyridine rings is 1. The Kier molecular flexibility index (Phi) is 5.44. The van der Waals surface area contributed by atoms with E-state index in [1.807, 2.05) is 18.2 Å². The number of amides is 1. The van der Waals surface area contributed by atoms with Gasteiger partial charge in [-0.1, -0.05) is 17.7 Å². The third-order valence-corrected chi connectivity index (χ3v) is 4.86. The fourth-order valence-corrected chi connectivity index (χ4v) is 3.39. The molecule has 148 valence electrons. The molecule has 1 fully saturated rings. The number of carbonyl (C=O) groups is 1. The van der Waals surface area contributed by atoms with Gasteiger partial charge in [0.25, 0.3) is 5.91 Å². The van der Waals surface area contributed by atoms with Gasteiger partial charge in [-0.05, 0) is 43.2 Å². The highest BCUT2D eigenvalue weighted by molar-refractivity contribution is 6.30. The van der Waals surface area contributed by atoms with Gasteiger partial charge < -0.3 is 16.0 Å². The lowest BCUT2D eigenvalue weighted by Gasteiger charge is -2.15. The van der Waals surface area contributed by atoms with E-state index in [1.165, 1.54) is 12.8 Å². The minimum atomic E-state index is -0.641. The molecule has 0 unspecified atom stereocenters. The first kappa shape index (κ1) is 18.9. The molecule has 1 aliphatic rings. The van der Waals surface area contributed by atoms with Gasteiger partial charge in [0.05, 0.1) is 0 Å². The van der Waals surface area contributed by atoms with Crippen molar-refractivity contribution in [1.82, 2.24) is 15.2 Å². The highest BCUT2D eigenvalue weighted by Crippen LogP contribution is 2.27. The lowest BCUT2D eigenvalue weighted by atomic mass is 10.2. The second-order valence-corrected chi connectivity index (χ2v) is 7.13. The Morgan fingerprint density at radius 2 is 2.10 bits per heavy atom. The van der Waals surface area contributed by atoms with Crippen molar-refractivity contribution in [3.8, 4) is 0 Å². The molecule has 1 amide bonds. The number of halogens is 1. The summed E-state index contributed by atoms with van der Waals surface area (Å²) >= 11 is 6.00. The topological polar surface area (TPSA) is 112 Å². The van der Waals surface area contributed by atoms with Gasteiger partial charge in [0, 0.05) is 41.8 Å². The quantitative estimate of drug-likeness (QED) is 0.538. The zero-order chi connectivity index (χ0) is 20.2. The summed E-state index contributed by atoms with van der Waals surface area (Å²) in [5.74, 6) is 0.880. The molecular weight excluding hydrogens is 390 g/mol. The third kappa shape index (κ3) is 4.38. The number of nitrogens with zero attached hydrogens (tertiary/aromatic N) is 4. The molecule has 0 aliphatic carbocycles. The minimum absolute atomic E-state index is 0.169. The number of nitrogens with two attached hydrogens (primary N) is 1. The zero-order valence-corrected chi connectivity index (χ0v) is 16.4. The van der Waals surface area contributed by atoms with Gasteiger partial charge in [-0.3, -0.25) is 9.89 Å². The van der Waals surface area contributed by atoms with Crippen LogP contribution in [0.2, 0.25) is 5.02 Å². The van der Waals surface area contributed by atoms with Crippen molar-refractivity contribution in [3.63, 3.8) is 0 Å². The number of H-pyrrole nitrogens is 1. The summed E-state index contributed by atoms with van der Waals surface area (Å²) in [5.41, 5.74) is 7.21. The van der Waals surface area contributed by atoms with E-state index >= 15 is 0 Å². The van der Waals surface area contributed by atoms with Gasteiger partial charge in [0.1, 0.15) is 11.4 Å². The predicted molar refractivity (Wildman–Crippen MR) is 115 cm³/mol. The van der Waals surface area contributed by atoms with Crippen molar-refractivity contribution in [2.45, 2.75) is 12.8 Å². The second kappa shape index (κ2) is 8.32. The molecule has 8 nitrogen and oxygen atoms in total. The normalized spacial score (nSPS) is 13.9. The van der Waals surface area contributed by atoms with Crippen LogP contribution in [-0.2, 0) is 0 Å². The van der Waals surface area contributed by atoms with Gasteiger partial charge >= 0.3 is 0 Å². The maximum absolute atomic E-state index is 12.0. The standard InChI is InChI=1S/C20H20ClN7O/c21-14-4-3-5-15(10-14)25-20-17(18(22)29)19(26-27-20)24-12-13-6-7-16(23-11-13)28-8-1-2-9-28/h3-7,10-12H,1-2,8-9H2,(H2,22,29)(H2,25,26,27)/b24-12+. The number of aliphatic imine (C=N–C) groups is 1. The first-order valence-electron chi connectivity index (χ1n) is 9.26. The van der Waals surface area contributed by atoms with Gasteiger partial charge in [-0.25, -0.2) is 9.98 Å². The molecule has 0 radical (unpaired) electrons. The van der Waals surface area contributed by atoms with Crippen LogP contribution in [0.1, 0.15) is 28.8 Å². The van der Waals surface area contributed by atoms with Gasteiger partial charge in [-0.2, -0.15) is 5.10 Å². The Hall–Kier alpha value is -3.39. The second-order valence-electron chi connectivity index (χ2n) is 6.70. The van der Waals surface area contributed by atoms with Crippen LogP contribution >= 0.6 is 11.6 Å². The molecule has 1 saturated heterocycles. The van der Waals surface area contributed by atoms with Crippen molar-refractivity contribution in [2.75, 3.05) is 23.3 Å². The number of rotatable bonds is 6. The molecule has 4 rings (SSSR count). The first-order chi connectivity index (χ1) is 14.1. The third-order valence-electron chi connectivity index (χ3n) is 4.62. The number of benzene rings is 1. The van der Waals surface area contributed by atoms with E-state index < -0.39 is 5.91 Å². The van der Waals surface area contributed by atoms with Gasteiger partial charge in [0.15, 0.2) is 11.6 Å². The summed E-state index contributed by atoms with van der Waals surface area (Å²) in [6, 6.07) is 11.0.